The highest BCUT2D eigenvalue weighted by molar-refractivity contribution is 8.00. The lowest BCUT2D eigenvalue weighted by molar-refractivity contribution is -0.136. The van der Waals surface area contributed by atoms with E-state index < -0.39 is 5.97 Å². The zero-order chi connectivity index (χ0) is 20.3. The maximum absolute atomic E-state index is 10.7. The van der Waals surface area contributed by atoms with E-state index in [-0.39, 0.29) is 6.42 Å². The average Bonchev–Trinajstić information content (AvgIpc) is 3.11. The van der Waals surface area contributed by atoms with Crippen LogP contribution in [-0.4, -0.2) is 26.5 Å². The number of aryl methyl sites for hydroxylation is 2. The number of nitrogens with zero attached hydrogens (tertiary/aromatic N) is 2. The number of aromatic nitrogens is 2. The Labute approximate surface area is 173 Å². The van der Waals surface area contributed by atoms with Crippen LogP contribution >= 0.6 is 23.4 Å². The molecule has 0 saturated carbocycles. The molecular formula is C21H21ClN2O3S. The van der Waals surface area contributed by atoms with Gasteiger partial charge in [0.1, 0.15) is 0 Å². The number of carbonyl (C=O) groups is 1. The zero-order valence-electron chi connectivity index (χ0n) is 15.9. The van der Waals surface area contributed by atoms with Crippen molar-refractivity contribution in [2.75, 3.05) is 0 Å². The number of aliphatic carboxylic acids is 1. The van der Waals surface area contributed by atoms with E-state index in [1.54, 1.807) is 11.8 Å². The largest absolute Gasteiger partial charge is 0.481 e. The normalized spacial score (nSPS) is 11.2. The van der Waals surface area contributed by atoms with Crippen LogP contribution in [0.3, 0.4) is 0 Å². The van der Waals surface area contributed by atoms with Gasteiger partial charge in [-0.3, -0.25) is 4.79 Å². The fourth-order valence-electron chi connectivity index (χ4n) is 2.82. The van der Waals surface area contributed by atoms with Crippen LogP contribution < -0.4 is 0 Å². The Morgan fingerprint density at radius 1 is 1.25 bits per heavy atom. The van der Waals surface area contributed by atoms with Crippen LogP contribution in [0.2, 0.25) is 5.02 Å². The van der Waals surface area contributed by atoms with E-state index in [2.05, 4.69) is 24.0 Å². The summed E-state index contributed by atoms with van der Waals surface area (Å²) in [4.78, 5) is 16.3. The minimum absolute atomic E-state index is 0.108. The Balaban J connectivity index is 1.82. The smallest absolute Gasteiger partial charge is 0.303 e. The molecule has 0 saturated heterocycles. The summed E-state index contributed by atoms with van der Waals surface area (Å²) in [5.41, 5.74) is 3.56. The van der Waals surface area contributed by atoms with E-state index in [0.717, 1.165) is 27.1 Å². The lowest BCUT2D eigenvalue weighted by Gasteiger charge is -2.07. The van der Waals surface area contributed by atoms with Crippen LogP contribution in [0, 0.1) is 6.92 Å². The molecule has 5 nitrogen and oxygen atoms in total. The molecule has 28 heavy (non-hydrogen) atoms. The summed E-state index contributed by atoms with van der Waals surface area (Å²) in [6, 6.07) is 11.5. The lowest BCUT2D eigenvalue weighted by atomic mass is 10.0. The predicted octanol–water partition coefficient (Wildman–Crippen LogP) is 5.88. The van der Waals surface area contributed by atoms with Gasteiger partial charge in [0.25, 0.3) is 5.89 Å². The molecule has 0 bridgehead atoms. The maximum Gasteiger partial charge on any atom is 0.303 e. The molecule has 0 radical (unpaired) electrons. The van der Waals surface area contributed by atoms with E-state index in [0.29, 0.717) is 28.4 Å². The van der Waals surface area contributed by atoms with Crippen molar-refractivity contribution < 1.29 is 14.4 Å². The summed E-state index contributed by atoms with van der Waals surface area (Å²) < 4.78 is 5.44. The van der Waals surface area contributed by atoms with Crippen molar-refractivity contribution in [3.63, 3.8) is 0 Å². The van der Waals surface area contributed by atoms with Gasteiger partial charge in [-0.1, -0.05) is 48.8 Å². The fourth-order valence-corrected chi connectivity index (χ4v) is 3.96. The molecule has 0 unspecified atom stereocenters. The minimum Gasteiger partial charge on any atom is -0.481 e. The third kappa shape index (κ3) is 4.94. The number of hydrogen-bond donors (Lipinski definition) is 1. The first-order valence-corrected chi connectivity index (χ1v) is 10.2. The van der Waals surface area contributed by atoms with Gasteiger partial charge in [-0.25, -0.2) is 0 Å². The van der Waals surface area contributed by atoms with Gasteiger partial charge in [0.2, 0.25) is 5.82 Å². The Hall–Kier alpha value is -2.31. The van der Waals surface area contributed by atoms with Gasteiger partial charge in [-0.15, -0.1) is 11.8 Å². The number of hydrogen-bond acceptors (Lipinski definition) is 5. The summed E-state index contributed by atoms with van der Waals surface area (Å²) in [6.45, 7) is 6.19. The van der Waals surface area contributed by atoms with Crippen molar-refractivity contribution in [3.8, 4) is 22.8 Å². The van der Waals surface area contributed by atoms with Crippen LogP contribution in [0.5, 0.6) is 0 Å². The number of thioether (sulfide) groups is 1. The Bertz CT molecular complexity index is 1000. The highest BCUT2D eigenvalue weighted by Gasteiger charge is 2.15. The summed E-state index contributed by atoms with van der Waals surface area (Å²) in [5, 5.41) is 14.0. The van der Waals surface area contributed by atoms with Crippen molar-refractivity contribution >= 4 is 29.3 Å². The second-order valence-electron chi connectivity index (χ2n) is 6.78. The molecule has 0 fully saturated rings. The fraction of sp³-hybridized carbons (Fsp3) is 0.286. The van der Waals surface area contributed by atoms with Crippen LogP contribution in [-0.2, 0) is 11.2 Å². The summed E-state index contributed by atoms with van der Waals surface area (Å²) in [6.07, 6.45) is 0.601. The Kier molecular flexibility index (Phi) is 6.42. The molecule has 1 aromatic heterocycles. The molecule has 0 spiro atoms. The lowest BCUT2D eigenvalue weighted by Crippen LogP contribution is -1.98. The summed E-state index contributed by atoms with van der Waals surface area (Å²) in [7, 11) is 0. The second kappa shape index (κ2) is 8.80. The molecule has 146 valence electrons. The number of rotatable bonds is 7. The zero-order valence-corrected chi connectivity index (χ0v) is 17.5. The maximum atomic E-state index is 10.7. The number of carboxylic acid groups (broad SMARTS) is 1. The molecule has 2 aromatic carbocycles. The van der Waals surface area contributed by atoms with E-state index in [1.807, 2.05) is 43.3 Å². The third-order valence-electron chi connectivity index (χ3n) is 4.13. The number of benzene rings is 2. The van der Waals surface area contributed by atoms with Crippen LogP contribution in [0.4, 0.5) is 0 Å². The molecule has 0 aliphatic rings. The number of halogens is 1. The molecule has 0 amide bonds. The predicted molar refractivity (Wildman–Crippen MR) is 112 cm³/mol. The molecule has 0 aliphatic heterocycles. The van der Waals surface area contributed by atoms with Crippen molar-refractivity contribution in [1.82, 2.24) is 10.1 Å². The monoisotopic (exact) mass is 416 g/mol. The molecule has 1 N–H and O–H groups in total. The topological polar surface area (TPSA) is 76.2 Å². The van der Waals surface area contributed by atoms with Crippen molar-refractivity contribution in [2.45, 2.75) is 43.8 Å². The molecule has 3 aromatic rings. The first-order chi connectivity index (χ1) is 13.3. The number of carboxylic acids is 1. The Morgan fingerprint density at radius 2 is 2.04 bits per heavy atom. The van der Waals surface area contributed by atoms with Gasteiger partial charge in [0, 0.05) is 27.7 Å². The van der Waals surface area contributed by atoms with Crippen LogP contribution in [0.25, 0.3) is 22.8 Å². The Morgan fingerprint density at radius 3 is 2.68 bits per heavy atom. The highest BCUT2D eigenvalue weighted by Crippen LogP contribution is 2.34. The van der Waals surface area contributed by atoms with Crippen molar-refractivity contribution in [3.05, 3.63) is 52.5 Å². The first-order valence-electron chi connectivity index (χ1n) is 8.95. The van der Waals surface area contributed by atoms with E-state index in [4.69, 9.17) is 21.2 Å². The van der Waals surface area contributed by atoms with E-state index >= 15 is 0 Å². The SMILES string of the molecule is Cc1cc(CCC(=O)O)ccc1-c1noc(-c2ccc(SC(C)C)c(Cl)c2)n1. The molecule has 0 atom stereocenters. The van der Waals surface area contributed by atoms with E-state index in [1.165, 1.54) is 0 Å². The van der Waals surface area contributed by atoms with Gasteiger partial charge in [0.15, 0.2) is 0 Å². The van der Waals surface area contributed by atoms with Crippen LogP contribution in [0.15, 0.2) is 45.8 Å². The summed E-state index contributed by atoms with van der Waals surface area (Å²) in [5.74, 6) is 0.0994. The molecule has 1 heterocycles. The van der Waals surface area contributed by atoms with Gasteiger partial charge in [0.05, 0.1) is 5.02 Å². The van der Waals surface area contributed by atoms with Crippen molar-refractivity contribution in [1.29, 1.82) is 0 Å². The van der Waals surface area contributed by atoms with Crippen LogP contribution in [0.1, 0.15) is 31.4 Å². The standard InChI is InChI=1S/C21H21ClN2O3S/c1-12(2)28-18-8-6-15(11-17(18)22)21-23-20(24-27-21)16-7-4-14(10-13(16)3)5-9-19(25)26/h4,6-8,10-12H,5,9H2,1-3H3,(H,25,26). The minimum atomic E-state index is -0.805. The average molecular weight is 417 g/mol. The van der Waals surface area contributed by atoms with Gasteiger partial charge in [-0.05, 0) is 42.7 Å². The first kappa shape index (κ1) is 20.4. The van der Waals surface area contributed by atoms with Crippen molar-refractivity contribution in [2.24, 2.45) is 0 Å². The quantitative estimate of drug-likeness (QED) is 0.484. The second-order valence-corrected chi connectivity index (χ2v) is 8.80. The molecule has 7 heteroatoms. The molecule has 3 rings (SSSR count). The van der Waals surface area contributed by atoms with E-state index in [9.17, 15) is 4.79 Å². The molecular weight excluding hydrogens is 396 g/mol. The van der Waals surface area contributed by atoms with Gasteiger partial charge < -0.3 is 9.63 Å². The third-order valence-corrected chi connectivity index (χ3v) is 5.63. The summed E-state index contributed by atoms with van der Waals surface area (Å²) >= 11 is 8.09. The molecule has 0 aliphatic carbocycles. The highest BCUT2D eigenvalue weighted by atomic mass is 35.5. The van der Waals surface area contributed by atoms with Gasteiger partial charge >= 0.3 is 5.97 Å². The van der Waals surface area contributed by atoms with Gasteiger partial charge in [-0.2, -0.15) is 4.98 Å².